The first kappa shape index (κ1) is 14.9. The van der Waals surface area contributed by atoms with E-state index in [0.29, 0.717) is 13.0 Å². The number of hydrogen-bond acceptors (Lipinski definition) is 3. The van der Waals surface area contributed by atoms with Gasteiger partial charge in [0.1, 0.15) is 0 Å². The van der Waals surface area contributed by atoms with Crippen molar-refractivity contribution in [3.63, 3.8) is 0 Å². The molecular weight excluding hydrogens is 335 g/mol. The summed E-state index contributed by atoms with van der Waals surface area (Å²) in [6.07, 6.45) is 3.63. The molecule has 0 saturated carbocycles. The van der Waals surface area contributed by atoms with Gasteiger partial charge in [0.05, 0.1) is 0 Å². The minimum Gasteiger partial charge on any atom is -0.241 e. The molecule has 0 radical (unpaired) electrons. The largest absolute Gasteiger partial charge is 0.263 e. The minimum absolute atomic E-state index is 0.0826. The molecule has 0 spiro atoms. The molecule has 0 aromatic carbocycles. The first-order valence-electron chi connectivity index (χ1n) is 6.19. The fraction of sp³-hybridized carbons (Fsp3) is 0.583. The van der Waals surface area contributed by atoms with Crippen LogP contribution in [0, 0.1) is 5.82 Å². The fourth-order valence-electron chi connectivity index (χ4n) is 2.41. The van der Waals surface area contributed by atoms with E-state index in [1.54, 1.807) is 0 Å². The molecule has 0 amide bonds. The monoisotopic (exact) mass is 350 g/mol. The van der Waals surface area contributed by atoms with Gasteiger partial charge in [-0.25, -0.2) is 17.8 Å². The predicted molar refractivity (Wildman–Crippen MR) is 74.1 cm³/mol. The molecule has 4 nitrogen and oxygen atoms in total. The summed E-state index contributed by atoms with van der Waals surface area (Å²) in [5.41, 5.74) is 0. The summed E-state index contributed by atoms with van der Waals surface area (Å²) >= 11 is 3.44. The molecule has 7 heteroatoms. The first-order valence-corrected chi connectivity index (χ1v) is 8.55. The summed E-state index contributed by atoms with van der Waals surface area (Å²) < 4.78 is 39.9. The number of pyridine rings is 1. The lowest BCUT2D eigenvalue weighted by molar-refractivity contribution is 0.367. The average Bonchev–Trinajstić information content (AvgIpc) is 2.77. The molecule has 1 saturated heterocycles. The summed E-state index contributed by atoms with van der Waals surface area (Å²) in [5.74, 6) is -0.792. The number of alkyl halides is 1. The van der Waals surface area contributed by atoms with Crippen molar-refractivity contribution in [3.8, 4) is 0 Å². The molecular formula is C12H16BrFN2O2S. The van der Waals surface area contributed by atoms with E-state index in [2.05, 4.69) is 20.9 Å². The summed E-state index contributed by atoms with van der Waals surface area (Å²) in [4.78, 5) is 3.92. The van der Waals surface area contributed by atoms with E-state index in [0.717, 1.165) is 18.9 Å². The molecule has 0 aliphatic carbocycles. The smallest absolute Gasteiger partial charge is 0.241 e. The van der Waals surface area contributed by atoms with Crippen molar-refractivity contribution >= 4 is 26.0 Å². The van der Waals surface area contributed by atoms with Crippen molar-refractivity contribution in [1.29, 1.82) is 0 Å². The molecule has 1 aromatic heterocycles. The third-order valence-electron chi connectivity index (χ3n) is 3.20. The summed E-state index contributed by atoms with van der Waals surface area (Å²) in [5, 5.41) is -0.468. The van der Waals surface area contributed by atoms with Gasteiger partial charge in [0, 0.05) is 23.6 Å². The molecule has 1 aliphatic rings. The molecule has 2 heterocycles. The van der Waals surface area contributed by atoms with Crippen LogP contribution in [0.15, 0.2) is 23.4 Å². The maximum Gasteiger partial charge on any atom is 0.263 e. The molecule has 2 atom stereocenters. The van der Waals surface area contributed by atoms with Crippen LogP contribution in [0.3, 0.4) is 0 Å². The number of hydrogen-bond donors (Lipinski definition) is 0. The minimum atomic E-state index is -3.84. The zero-order valence-corrected chi connectivity index (χ0v) is 13.0. The van der Waals surface area contributed by atoms with Crippen LogP contribution in [-0.2, 0) is 10.0 Å². The van der Waals surface area contributed by atoms with Gasteiger partial charge in [-0.1, -0.05) is 22.9 Å². The highest BCUT2D eigenvalue weighted by atomic mass is 79.9. The molecule has 1 fully saturated rings. The molecule has 106 valence electrons. The van der Waals surface area contributed by atoms with Gasteiger partial charge in [0.2, 0.25) is 5.03 Å². The normalized spacial score (nSPS) is 22.6. The van der Waals surface area contributed by atoms with Gasteiger partial charge in [-0.05, 0) is 31.4 Å². The van der Waals surface area contributed by atoms with Crippen LogP contribution in [0.25, 0.3) is 0 Å². The number of aromatic nitrogens is 1. The van der Waals surface area contributed by atoms with Gasteiger partial charge in [-0.3, -0.25) is 0 Å². The second-order valence-electron chi connectivity index (χ2n) is 4.72. The van der Waals surface area contributed by atoms with Gasteiger partial charge in [0.15, 0.2) is 5.82 Å². The van der Waals surface area contributed by atoms with E-state index in [1.165, 1.54) is 16.6 Å². The molecule has 1 aromatic rings. The predicted octanol–water partition coefficient (Wildman–Crippen LogP) is 2.55. The van der Waals surface area contributed by atoms with Crippen molar-refractivity contribution in [3.05, 3.63) is 24.1 Å². The summed E-state index contributed by atoms with van der Waals surface area (Å²) in [6, 6.07) is 2.43. The lowest BCUT2D eigenvalue weighted by atomic mass is 10.1. The third-order valence-corrected chi connectivity index (χ3v) is 5.46. The Morgan fingerprint density at radius 3 is 3.00 bits per heavy atom. The molecule has 19 heavy (non-hydrogen) atoms. The zero-order valence-electron chi connectivity index (χ0n) is 10.6. The fourth-order valence-corrected chi connectivity index (χ4v) is 4.52. The number of halogens is 2. The molecule has 2 unspecified atom stereocenters. The van der Waals surface area contributed by atoms with E-state index >= 15 is 0 Å². The van der Waals surface area contributed by atoms with Gasteiger partial charge < -0.3 is 0 Å². The quantitative estimate of drug-likeness (QED) is 0.784. The van der Waals surface area contributed by atoms with E-state index in [9.17, 15) is 12.8 Å². The topological polar surface area (TPSA) is 50.3 Å². The molecule has 1 aliphatic heterocycles. The maximum atomic E-state index is 13.7. The summed E-state index contributed by atoms with van der Waals surface area (Å²) in [7, 11) is -3.84. The van der Waals surface area contributed by atoms with Crippen molar-refractivity contribution in [2.45, 2.75) is 42.1 Å². The zero-order chi connectivity index (χ0) is 14.0. The average molecular weight is 351 g/mol. The van der Waals surface area contributed by atoms with Crippen LogP contribution in [0.2, 0.25) is 0 Å². The maximum absolute atomic E-state index is 13.7. The SMILES string of the molecule is CC(Br)CC1CCCN1S(=O)(=O)c1ncccc1F. The van der Waals surface area contributed by atoms with Crippen LogP contribution < -0.4 is 0 Å². The van der Waals surface area contributed by atoms with Crippen LogP contribution in [0.1, 0.15) is 26.2 Å². The van der Waals surface area contributed by atoms with Crippen molar-refractivity contribution < 1.29 is 12.8 Å². The van der Waals surface area contributed by atoms with Crippen LogP contribution in [-0.4, -0.2) is 35.1 Å². The van der Waals surface area contributed by atoms with Crippen molar-refractivity contribution in [1.82, 2.24) is 9.29 Å². The molecule has 0 bridgehead atoms. The summed E-state index contributed by atoms with van der Waals surface area (Å²) in [6.45, 7) is 2.41. The Bertz CT molecular complexity index is 550. The highest BCUT2D eigenvalue weighted by molar-refractivity contribution is 9.09. The Morgan fingerprint density at radius 1 is 1.63 bits per heavy atom. The third kappa shape index (κ3) is 3.14. The Balaban J connectivity index is 2.32. The lowest BCUT2D eigenvalue weighted by Crippen LogP contribution is -2.37. The number of sulfonamides is 1. The lowest BCUT2D eigenvalue weighted by Gasteiger charge is -2.24. The van der Waals surface area contributed by atoms with Gasteiger partial charge in [-0.15, -0.1) is 0 Å². The Labute approximate surface area is 121 Å². The number of nitrogens with zero attached hydrogens (tertiary/aromatic N) is 2. The van der Waals surface area contributed by atoms with E-state index < -0.39 is 20.9 Å². The first-order chi connectivity index (χ1) is 8.93. The van der Waals surface area contributed by atoms with Gasteiger partial charge >= 0.3 is 0 Å². The Morgan fingerprint density at radius 2 is 2.37 bits per heavy atom. The molecule has 0 N–H and O–H groups in total. The standard InChI is InChI=1S/C12H16BrFN2O2S/c1-9(13)8-10-4-3-7-16(10)19(17,18)12-11(14)5-2-6-15-12/h2,5-6,9-10H,3-4,7-8H2,1H3. The number of rotatable bonds is 4. The Hall–Kier alpha value is -0.530. The van der Waals surface area contributed by atoms with Crippen LogP contribution in [0.4, 0.5) is 4.39 Å². The van der Waals surface area contributed by atoms with Crippen molar-refractivity contribution in [2.75, 3.05) is 6.54 Å². The molecule has 2 rings (SSSR count). The highest BCUT2D eigenvalue weighted by Crippen LogP contribution is 2.29. The van der Waals surface area contributed by atoms with Crippen molar-refractivity contribution in [2.24, 2.45) is 0 Å². The second-order valence-corrected chi connectivity index (χ2v) is 8.09. The van der Waals surface area contributed by atoms with Crippen LogP contribution in [0.5, 0.6) is 0 Å². The van der Waals surface area contributed by atoms with Crippen LogP contribution >= 0.6 is 15.9 Å². The highest BCUT2D eigenvalue weighted by Gasteiger charge is 2.37. The second kappa shape index (κ2) is 5.85. The van der Waals surface area contributed by atoms with E-state index in [-0.39, 0.29) is 10.9 Å². The van der Waals surface area contributed by atoms with E-state index in [4.69, 9.17) is 0 Å². The van der Waals surface area contributed by atoms with Gasteiger partial charge in [0.25, 0.3) is 10.0 Å². The Kier molecular flexibility index (Phi) is 4.58. The van der Waals surface area contributed by atoms with E-state index in [1.807, 2.05) is 6.92 Å². The van der Waals surface area contributed by atoms with Gasteiger partial charge in [-0.2, -0.15) is 4.31 Å².